The highest BCUT2D eigenvalue weighted by atomic mass is 16.6. The van der Waals surface area contributed by atoms with Crippen LogP contribution in [-0.4, -0.2) is 93.0 Å². The van der Waals surface area contributed by atoms with Gasteiger partial charge in [-0.2, -0.15) is 0 Å². The van der Waals surface area contributed by atoms with E-state index < -0.39 is 0 Å². The highest BCUT2D eigenvalue weighted by Crippen LogP contribution is 2.11. The Morgan fingerprint density at radius 3 is 0.711 bits per heavy atom. The van der Waals surface area contributed by atoms with E-state index in [9.17, 15) is 0 Å². The van der Waals surface area contributed by atoms with E-state index in [-0.39, 0.29) is 49.3 Å². The number of hydrogen-bond donors (Lipinski definition) is 4. The first-order valence-electron chi connectivity index (χ1n) is 11.1. The maximum Gasteiger partial charge on any atom is 0.142 e. The van der Waals surface area contributed by atoms with Gasteiger partial charge in [-0.3, -0.25) is 0 Å². The lowest BCUT2D eigenvalue weighted by atomic mass is 10.1. The van der Waals surface area contributed by atoms with Crippen LogP contribution < -0.4 is 0 Å². The van der Waals surface area contributed by atoms with Gasteiger partial charge in [0.05, 0.1) is 0 Å². The van der Waals surface area contributed by atoms with Gasteiger partial charge in [0.15, 0.2) is 0 Å². The summed E-state index contributed by atoms with van der Waals surface area (Å²) in [5, 5.41) is 63.5. The molecule has 0 fully saturated rings. The van der Waals surface area contributed by atoms with Crippen molar-refractivity contribution in [1.82, 2.24) is 0 Å². The van der Waals surface area contributed by atoms with Gasteiger partial charge in [-0.25, -0.2) is 0 Å². The summed E-state index contributed by atoms with van der Waals surface area (Å²) in [6.07, 6.45) is 0. The topological polar surface area (TPSA) is 217 Å². The molecule has 0 saturated carbocycles. The summed E-state index contributed by atoms with van der Waals surface area (Å²) in [5.74, 6) is 0. The molecule has 4 N–H and O–H groups in total. The average molecular weight is 541 g/mol. The monoisotopic (exact) mass is 540 g/mol. The van der Waals surface area contributed by atoms with Gasteiger partial charge in [0.1, 0.15) is 72.1 Å². The zero-order valence-electron chi connectivity index (χ0n) is 22.8. The minimum Gasteiger partial charge on any atom is -0.411 e. The molecule has 16 heteroatoms. The summed E-state index contributed by atoms with van der Waals surface area (Å²) in [4.78, 5) is 21.7. The summed E-state index contributed by atoms with van der Waals surface area (Å²) in [7, 11) is 0. The Morgan fingerprint density at radius 1 is 0.368 bits per heavy atom. The summed E-state index contributed by atoms with van der Waals surface area (Å²) in [6, 6.07) is 0. The Bertz CT molecular complexity index is 894. The summed E-state index contributed by atoms with van der Waals surface area (Å²) in [6.45, 7) is 12.1. The summed E-state index contributed by atoms with van der Waals surface area (Å²) < 4.78 is 0. The Hall–Kier alpha value is -4.50. The fraction of sp³-hybridized carbons (Fsp3) is 0.545. The molecule has 0 unspecified atom stereocenters. The molecule has 38 heavy (non-hydrogen) atoms. The number of hydrogen-bond acceptors (Lipinski definition) is 16. The first-order chi connectivity index (χ1) is 18.0. The molecular weight excluding hydrogens is 504 g/mol. The normalized spacial score (nSPS) is 15.8. The maximum absolute atomic E-state index is 8.91. The lowest BCUT2D eigenvalue weighted by Crippen LogP contribution is -2.16. The zero-order valence-corrected chi connectivity index (χ0v) is 22.8. The molecule has 0 spiro atoms. The van der Waals surface area contributed by atoms with E-state index >= 15 is 0 Å². The SMILES string of the molecule is CC(=N/O)/C(C)=N\OCC(CO/N=C(C)/C(C)=N/O)=C(CO/N=C(C)\C(C)=N\O)CO/N=C(C)/C(C)=N/O. The van der Waals surface area contributed by atoms with Crippen molar-refractivity contribution in [3.05, 3.63) is 11.1 Å². The molecule has 0 aromatic heterocycles. The largest absolute Gasteiger partial charge is 0.411 e. The lowest BCUT2D eigenvalue weighted by Gasteiger charge is -2.14. The molecule has 0 aliphatic rings. The van der Waals surface area contributed by atoms with Crippen LogP contribution in [0.2, 0.25) is 0 Å². The third-order valence-electron chi connectivity index (χ3n) is 4.96. The minimum absolute atomic E-state index is 0.112. The van der Waals surface area contributed by atoms with Crippen molar-refractivity contribution in [3.63, 3.8) is 0 Å². The molecule has 0 aliphatic carbocycles. The number of nitrogens with zero attached hydrogens (tertiary/aromatic N) is 8. The fourth-order valence-corrected chi connectivity index (χ4v) is 1.87. The first-order valence-corrected chi connectivity index (χ1v) is 11.1. The minimum atomic E-state index is -0.112. The van der Waals surface area contributed by atoms with Crippen LogP contribution in [0.3, 0.4) is 0 Å². The molecule has 0 aromatic carbocycles. The van der Waals surface area contributed by atoms with Crippen LogP contribution in [0.25, 0.3) is 0 Å². The van der Waals surface area contributed by atoms with E-state index in [0.29, 0.717) is 34.0 Å². The van der Waals surface area contributed by atoms with Gasteiger partial charge in [0.25, 0.3) is 0 Å². The van der Waals surface area contributed by atoms with Crippen molar-refractivity contribution < 1.29 is 40.2 Å². The highest BCUT2D eigenvalue weighted by Gasteiger charge is 2.13. The van der Waals surface area contributed by atoms with Gasteiger partial charge in [0.2, 0.25) is 0 Å². The Kier molecular flexibility index (Phi) is 16.5. The molecular formula is C22H36N8O8. The molecule has 16 nitrogen and oxygen atoms in total. The average Bonchev–Trinajstić information content (AvgIpc) is 2.92. The van der Waals surface area contributed by atoms with E-state index in [4.69, 9.17) is 40.2 Å². The van der Waals surface area contributed by atoms with Crippen LogP contribution in [0.4, 0.5) is 0 Å². The second-order valence-corrected chi connectivity index (χ2v) is 7.75. The molecule has 0 bridgehead atoms. The van der Waals surface area contributed by atoms with Crippen molar-refractivity contribution in [2.75, 3.05) is 26.4 Å². The van der Waals surface area contributed by atoms with E-state index in [1.54, 1.807) is 55.4 Å². The quantitative estimate of drug-likeness (QED) is 0.0983. The van der Waals surface area contributed by atoms with Gasteiger partial charge in [-0.15, -0.1) is 0 Å². The zero-order chi connectivity index (χ0) is 29.1. The lowest BCUT2D eigenvalue weighted by molar-refractivity contribution is 0.107. The molecule has 0 heterocycles. The molecule has 0 radical (unpaired) electrons. The van der Waals surface area contributed by atoms with Crippen LogP contribution in [0.5, 0.6) is 0 Å². The van der Waals surface area contributed by atoms with Gasteiger partial charge in [-0.05, 0) is 55.4 Å². The van der Waals surface area contributed by atoms with Crippen molar-refractivity contribution in [2.24, 2.45) is 41.2 Å². The molecule has 0 saturated heterocycles. The summed E-state index contributed by atoms with van der Waals surface area (Å²) >= 11 is 0. The van der Waals surface area contributed by atoms with E-state index in [1.807, 2.05) is 0 Å². The van der Waals surface area contributed by atoms with E-state index in [1.165, 1.54) is 0 Å². The van der Waals surface area contributed by atoms with Gasteiger partial charge < -0.3 is 40.2 Å². The second kappa shape index (κ2) is 18.7. The van der Waals surface area contributed by atoms with Gasteiger partial charge in [-0.1, -0.05) is 41.2 Å². The van der Waals surface area contributed by atoms with Gasteiger partial charge in [0, 0.05) is 11.1 Å². The van der Waals surface area contributed by atoms with Crippen LogP contribution in [0.1, 0.15) is 55.4 Å². The number of rotatable bonds is 16. The van der Waals surface area contributed by atoms with Gasteiger partial charge >= 0.3 is 0 Å². The second-order valence-electron chi connectivity index (χ2n) is 7.75. The Balaban J connectivity index is 6.20. The van der Waals surface area contributed by atoms with Crippen molar-refractivity contribution >= 4 is 45.7 Å². The summed E-state index contributed by atoms with van der Waals surface area (Å²) in [5.41, 5.74) is 3.34. The van der Waals surface area contributed by atoms with E-state index in [0.717, 1.165) is 0 Å². The third-order valence-corrected chi connectivity index (χ3v) is 4.96. The standard InChI is InChI=1S/C22H36N8O8/c1-13(23-31)17(5)27-35-9-21(10-36-28-18(6)14(2)24-32)22(11-37-29-19(7)15(3)25-33)12-38-30-20(8)16(4)26-34/h31-34H,9-12H2,1-8H3/b22-21?,23-13-,24-14+,25-15+,26-16+,27-17-,28-18+,29-19-,30-20+. The van der Waals surface area contributed by atoms with Crippen LogP contribution in [-0.2, 0) is 19.4 Å². The molecule has 0 atom stereocenters. The Morgan fingerprint density at radius 2 is 0.553 bits per heavy atom. The molecule has 0 amide bonds. The van der Waals surface area contributed by atoms with E-state index in [2.05, 4.69) is 41.2 Å². The first kappa shape index (κ1) is 33.5. The number of oxime groups is 8. The predicted octanol–water partition coefficient (Wildman–Crippen LogP) is 3.25. The molecule has 0 rings (SSSR count). The van der Waals surface area contributed by atoms with Crippen LogP contribution in [0.15, 0.2) is 52.4 Å². The van der Waals surface area contributed by atoms with Crippen molar-refractivity contribution in [1.29, 1.82) is 0 Å². The van der Waals surface area contributed by atoms with Crippen molar-refractivity contribution in [2.45, 2.75) is 55.4 Å². The molecule has 0 aliphatic heterocycles. The fourth-order valence-electron chi connectivity index (χ4n) is 1.87. The third kappa shape index (κ3) is 13.0. The molecule has 212 valence electrons. The van der Waals surface area contributed by atoms with Crippen LogP contribution in [0, 0.1) is 0 Å². The van der Waals surface area contributed by atoms with Crippen molar-refractivity contribution in [3.8, 4) is 0 Å². The predicted molar refractivity (Wildman–Crippen MR) is 143 cm³/mol. The smallest absolute Gasteiger partial charge is 0.142 e. The molecule has 0 aromatic rings. The Labute approximate surface area is 220 Å². The highest BCUT2D eigenvalue weighted by molar-refractivity contribution is 6.41. The maximum atomic E-state index is 8.91. The van der Waals surface area contributed by atoms with Crippen LogP contribution >= 0.6 is 0 Å².